The van der Waals surface area contributed by atoms with Gasteiger partial charge in [-0.15, -0.1) is 0 Å². The molecule has 2 aromatic carbocycles. The summed E-state index contributed by atoms with van der Waals surface area (Å²) in [5.74, 6) is 1.65. The van der Waals surface area contributed by atoms with Crippen LogP contribution in [-0.4, -0.2) is 11.1 Å². The second kappa shape index (κ2) is 4.73. The molecule has 2 aliphatic carbocycles. The molecule has 2 atom stereocenters. The number of phenols is 1. The lowest BCUT2D eigenvalue weighted by molar-refractivity contribution is -0.131. The average Bonchev–Trinajstić information content (AvgIpc) is 3.11. The van der Waals surface area contributed by atoms with E-state index in [9.17, 15) is 9.90 Å². The van der Waals surface area contributed by atoms with Gasteiger partial charge in [-0.1, -0.05) is 19.1 Å². The van der Waals surface area contributed by atoms with Crippen LogP contribution >= 0.6 is 0 Å². The Hall–Kier alpha value is -2.03. The van der Waals surface area contributed by atoms with Crippen LogP contribution in [-0.2, 0) is 11.2 Å². The lowest BCUT2D eigenvalue weighted by Crippen LogP contribution is -2.08. The van der Waals surface area contributed by atoms with Crippen LogP contribution in [0.1, 0.15) is 61.6 Å². The van der Waals surface area contributed by atoms with Gasteiger partial charge in [0.25, 0.3) is 0 Å². The first kappa shape index (κ1) is 13.6. The van der Waals surface area contributed by atoms with Gasteiger partial charge in [-0.25, -0.2) is 0 Å². The van der Waals surface area contributed by atoms with Crippen LogP contribution in [0.3, 0.4) is 0 Å². The summed E-state index contributed by atoms with van der Waals surface area (Å²) in [6, 6.07) is 6.06. The normalized spacial score (nSPS) is 22.1. The smallest absolute Gasteiger partial charge is 0.308 e. The van der Waals surface area contributed by atoms with Crippen LogP contribution in [0.25, 0.3) is 10.8 Å². The molecule has 114 valence electrons. The maximum absolute atomic E-state index is 11.6. The SMILES string of the molecule is CCc1ccc2c(O)c3c(c(OC(C)=O)c2c1)C1CCC3C1. The molecule has 0 aromatic heterocycles. The highest BCUT2D eigenvalue weighted by Crippen LogP contribution is 2.60. The first-order chi connectivity index (χ1) is 10.6. The third-order valence-electron chi connectivity index (χ3n) is 5.28. The number of hydrogen-bond donors (Lipinski definition) is 1. The summed E-state index contributed by atoms with van der Waals surface area (Å²) in [5.41, 5.74) is 3.30. The first-order valence-corrected chi connectivity index (χ1v) is 8.10. The Bertz CT molecular complexity index is 791. The Morgan fingerprint density at radius 1 is 1.23 bits per heavy atom. The first-order valence-electron chi connectivity index (χ1n) is 8.10. The van der Waals surface area contributed by atoms with Gasteiger partial charge in [0.2, 0.25) is 0 Å². The van der Waals surface area contributed by atoms with Crippen LogP contribution in [0.15, 0.2) is 18.2 Å². The number of ether oxygens (including phenoxy) is 1. The summed E-state index contributed by atoms with van der Waals surface area (Å²) >= 11 is 0. The summed E-state index contributed by atoms with van der Waals surface area (Å²) < 4.78 is 5.63. The minimum absolute atomic E-state index is 0.293. The number of carbonyl (C=O) groups is 1. The molecule has 0 radical (unpaired) electrons. The van der Waals surface area contributed by atoms with Crippen molar-refractivity contribution < 1.29 is 14.6 Å². The van der Waals surface area contributed by atoms with Gasteiger partial charge in [-0.3, -0.25) is 4.79 Å². The summed E-state index contributed by atoms with van der Waals surface area (Å²) in [5, 5.41) is 12.5. The van der Waals surface area contributed by atoms with Crippen molar-refractivity contribution in [3.8, 4) is 11.5 Å². The summed E-state index contributed by atoms with van der Waals surface area (Å²) in [4.78, 5) is 11.6. The quantitative estimate of drug-likeness (QED) is 0.660. The standard InChI is InChI=1S/C19H20O3/c1-3-11-4-7-14-15(8-11)19(22-10(2)20)17-13-6-5-12(9-13)16(17)18(14)21/h4,7-8,12-13,21H,3,5-6,9H2,1-2H3. The van der Waals surface area contributed by atoms with Gasteiger partial charge in [-0.05, 0) is 49.1 Å². The van der Waals surface area contributed by atoms with Gasteiger partial charge < -0.3 is 9.84 Å². The Morgan fingerprint density at radius 2 is 1.95 bits per heavy atom. The molecule has 0 saturated heterocycles. The lowest BCUT2D eigenvalue weighted by Gasteiger charge is -2.22. The third kappa shape index (κ3) is 1.78. The molecule has 3 nitrogen and oxygen atoms in total. The molecule has 2 aromatic rings. The van der Waals surface area contributed by atoms with Gasteiger partial charge >= 0.3 is 5.97 Å². The van der Waals surface area contributed by atoms with Gasteiger partial charge in [-0.2, -0.15) is 0 Å². The van der Waals surface area contributed by atoms with Crippen LogP contribution in [0.2, 0.25) is 0 Å². The molecule has 3 heteroatoms. The van der Waals surface area contributed by atoms with Gasteiger partial charge in [0.15, 0.2) is 0 Å². The van der Waals surface area contributed by atoms with Crippen molar-refractivity contribution in [1.82, 2.24) is 0 Å². The molecule has 22 heavy (non-hydrogen) atoms. The van der Waals surface area contributed by atoms with Gasteiger partial charge in [0, 0.05) is 28.8 Å². The summed E-state index contributed by atoms with van der Waals surface area (Å²) in [6.45, 7) is 3.55. The fourth-order valence-electron chi connectivity index (χ4n) is 4.32. The Morgan fingerprint density at radius 3 is 2.64 bits per heavy atom. The van der Waals surface area contributed by atoms with E-state index in [1.807, 2.05) is 12.1 Å². The minimum atomic E-state index is -0.293. The highest BCUT2D eigenvalue weighted by atomic mass is 16.5. The predicted octanol–water partition coefficient (Wildman–Crippen LogP) is 4.40. The van der Waals surface area contributed by atoms with Gasteiger partial charge in [0.05, 0.1) is 0 Å². The molecular weight excluding hydrogens is 276 g/mol. The van der Waals surface area contributed by atoms with E-state index in [0.717, 1.165) is 47.6 Å². The number of hydrogen-bond acceptors (Lipinski definition) is 3. The van der Waals surface area contributed by atoms with Crippen molar-refractivity contribution in [2.24, 2.45) is 0 Å². The van der Waals surface area contributed by atoms with E-state index in [4.69, 9.17) is 4.74 Å². The zero-order valence-electron chi connectivity index (χ0n) is 13.0. The monoisotopic (exact) mass is 296 g/mol. The van der Waals surface area contributed by atoms with E-state index in [1.54, 1.807) is 0 Å². The summed E-state index contributed by atoms with van der Waals surface area (Å²) in [7, 11) is 0. The second-order valence-corrected chi connectivity index (χ2v) is 6.54. The largest absolute Gasteiger partial charge is 0.507 e. The molecule has 2 bridgehead atoms. The van der Waals surface area contributed by atoms with Crippen molar-refractivity contribution in [3.63, 3.8) is 0 Å². The fourth-order valence-corrected chi connectivity index (χ4v) is 4.32. The predicted molar refractivity (Wildman–Crippen MR) is 85.6 cm³/mol. The Kier molecular flexibility index (Phi) is 2.93. The van der Waals surface area contributed by atoms with Crippen LogP contribution < -0.4 is 4.74 Å². The van der Waals surface area contributed by atoms with E-state index >= 15 is 0 Å². The van der Waals surface area contributed by atoms with E-state index < -0.39 is 0 Å². The molecule has 4 rings (SSSR count). The van der Waals surface area contributed by atoms with E-state index in [2.05, 4.69) is 13.0 Å². The molecule has 2 unspecified atom stereocenters. The van der Waals surface area contributed by atoms with E-state index in [-0.39, 0.29) is 5.97 Å². The highest BCUT2D eigenvalue weighted by molar-refractivity contribution is 5.98. The molecule has 0 aliphatic heterocycles. The zero-order valence-corrected chi connectivity index (χ0v) is 13.0. The maximum Gasteiger partial charge on any atom is 0.308 e. The van der Waals surface area contributed by atoms with Crippen LogP contribution in [0.4, 0.5) is 0 Å². The number of esters is 1. The van der Waals surface area contributed by atoms with Crippen LogP contribution in [0, 0.1) is 0 Å². The Balaban J connectivity index is 2.08. The number of rotatable bonds is 2. The number of aryl methyl sites for hydroxylation is 1. The van der Waals surface area contributed by atoms with Gasteiger partial charge in [0.1, 0.15) is 11.5 Å². The van der Waals surface area contributed by atoms with Crippen molar-refractivity contribution in [2.45, 2.75) is 51.4 Å². The zero-order chi connectivity index (χ0) is 15.4. The third-order valence-corrected chi connectivity index (χ3v) is 5.28. The molecule has 1 saturated carbocycles. The van der Waals surface area contributed by atoms with Crippen molar-refractivity contribution in [3.05, 3.63) is 34.9 Å². The molecule has 1 fully saturated rings. The second-order valence-electron chi connectivity index (χ2n) is 6.54. The number of carbonyl (C=O) groups excluding carboxylic acids is 1. The van der Waals surface area contributed by atoms with E-state index in [0.29, 0.717) is 23.3 Å². The summed E-state index contributed by atoms with van der Waals surface area (Å²) in [6.07, 6.45) is 4.25. The minimum Gasteiger partial charge on any atom is -0.507 e. The van der Waals surface area contributed by atoms with E-state index in [1.165, 1.54) is 12.5 Å². The molecule has 1 N–H and O–H groups in total. The topological polar surface area (TPSA) is 46.5 Å². The van der Waals surface area contributed by atoms with Crippen molar-refractivity contribution >= 4 is 16.7 Å². The number of benzene rings is 2. The molecule has 0 amide bonds. The van der Waals surface area contributed by atoms with Crippen molar-refractivity contribution in [2.75, 3.05) is 0 Å². The molecule has 0 heterocycles. The fraction of sp³-hybridized carbons (Fsp3) is 0.421. The maximum atomic E-state index is 11.6. The number of fused-ring (bicyclic) bond motifs is 6. The highest BCUT2D eigenvalue weighted by Gasteiger charge is 2.42. The number of phenolic OH excluding ortho intramolecular Hbond substituents is 1. The average molecular weight is 296 g/mol. The molecular formula is C19H20O3. The Labute approximate surface area is 129 Å². The molecule has 2 aliphatic rings. The van der Waals surface area contributed by atoms with Crippen LogP contribution in [0.5, 0.6) is 11.5 Å². The lowest BCUT2D eigenvalue weighted by atomic mass is 9.86. The molecule has 0 spiro atoms. The number of aromatic hydroxyl groups is 1. The van der Waals surface area contributed by atoms with Crippen molar-refractivity contribution in [1.29, 1.82) is 0 Å².